The predicted octanol–water partition coefficient (Wildman–Crippen LogP) is 3.23. The number of carbonyl (C=O) groups is 1. The van der Waals surface area contributed by atoms with Gasteiger partial charge in [-0.05, 0) is 42.9 Å². The summed E-state index contributed by atoms with van der Waals surface area (Å²) in [5.74, 6) is 1.03. The van der Waals surface area contributed by atoms with E-state index in [0.717, 1.165) is 29.7 Å². The van der Waals surface area contributed by atoms with Crippen molar-refractivity contribution in [3.8, 4) is 5.75 Å². The van der Waals surface area contributed by atoms with Gasteiger partial charge in [-0.3, -0.25) is 14.2 Å². The summed E-state index contributed by atoms with van der Waals surface area (Å²) >= 11 is 1.61. The van der Waals surface area contributed by atoms with Crippen LogP contribution in [-0.4, -0.2) is 22.6 Å². The van der Waals surface area contributed by atoms with Crippen LogP contribution >= 0.6 is 11.3 Å². The molecule has 1 atom stereocenters. The van der Waals surface area contributed by atoms with E-state index in [-0.39, 0.29) is 18.0 Å². The molecule has 0 fully saturated rings. The number of aryl methyl sites for hydroxylation is 1. The van der Waals surface area contributed by atoms with Crippen LogP contribution in [0.25, 0.3) is 10.2 Å². The van der Waals surface area contributed by atoms with Crippen molar-refractivity contribution in [2.45, 2.75) is 32.7 Å². The van der Waals surface area contributed by atoms with Gasteiger partial charge in [0, 0.05) is 16.6 Å². The van der Waals surface area contributed by atoms with Crippen molar-refractivity contribution < 1.29 is 9.53 Å². The summed E-state index contributed by atoms with van der Waals surface area (Å²) in [6, 6.07) is 7.12. The first kappa shape index (κ1) is 17.7. The van der Waals surface area contributed by atoms with E-state index in [1.807, 2.05) is 0 Å². The van der Waals surface area contributed by atoms with E-state index in [0.29, 0.717) is 22.7 Å². The maximum absolute atomic E-state index is 13.0. The van der Waals surface area contributed by atoms with Crippen LogP contribution in [0.3, 0.4) is 0 Å². The summed E-state index contributed by atoms with van der Waals surface area (Å²) in [4.78, 5) is 31.9. The second-order valence-electron chi connectivity index (χ2n) is 6.99. The Kier molecular flexibility index (Phi) is 4.70. The number of anilines is 1. The Hall–Kier alpha value is -2.67. The quantitative estimate of drug-likeness (QED) is 0.751. The molecule has 2 aromatic heterocycles. The van der Waals surface area contributed by atoms with Gasteiger partial charge in [0.25, 0.3) is 5.56 Å². The Balaban J connectivity index is 1.59. The molecule has 1 amide bonds. The van der Waals surface area contributed by atoms with Crippen LogP contribution in [0.1, 0.15) is 23.8 Å². The van der Waals surface area contributed by atoms with Gasteiger partial charge >= 0.3 is 0 Å². The van der Waals surface area contributed by atoms with Crippen LogP contribution in [0.15, 0.2) is 35.4 Å². The highest BCUT2D eigenvalue weighted by atomic mass is 32.1. The minimum Gasteiger partial charge on any atom is -0.497 e. The third-order valence-corrected chi connectivity index (χ3v) is 6.11. The molecule has 27 heavy (non-hydrogen) atoms. The van der Waals surface area contributed by atoms with E-state index in [1.165, 1.54) is 15.8 Å². The lowest BCUT2D eigenvalue weighted by molar-refractivity contribution is -0.116. The van der Waals surface area contributed by atoms with E-state index < -0.39 is 0 Å². The molecule has 0 unspecified atom stereocenters. The smallest absolute Gasteiger partial charge is 0.262 e. The molecule has 6 nitrogen and oxygen atoms in total. The summed E-state index contributed by atoms with van der Waals surface area (Å²) in [6.45, 7) is 2.17. The largest absolute Gasteiger partial charge is 0.497 e. The van der Waals surface area contributed by atoms with Gasteiger partial charge in [0.1, 0.15) is 17.1 Å². The fraction of sp³-hybridized carbons (Fsp3) is 0.350. The predicted molar refractivity (Wildman–Crippen MR) is 107 cm³/mol. The van der Waals surface area contributed by atoms with Gasteiger partial charge in [-0.25, -0.2) is 4.98 Å². The third-order valence-electron chi connectivity index (χ3n) is 4.95. The Bertz CT molecular complexity index is 1070. The van der Waals surface area contributed by atoms with Crippen LogP contribution < -0.4 is 15.6 Å². The van der Waals surface area contributed by atoms with Crippen LogP contribution in [0.4, 0.5) is 5.69 Å². The number of hydrogen-bond donors (Lipinski definition) is 1. The van der Waals surface area contributed by atoms with Gasteiger partial charge in [-0.2, -0.15) is 0 Å². The average Bonchev–Trinajstić information content (AvgIpc) is 3.02. The lowest BCUT2D eigenvalue weighted by Gasteiger charge is -2.17. The molecule has 3 aromatic rings. The highest BCUT2D eigenvalue weighted by molar-refractivity contribution is 7.18. The summed E-state index contributed by atoms with van der Waals surface area (Å²) in [6.07, 6.45) is 4.48. The Morgan fingerprint density at radius 1 is 1.44 bits per heavy atom. The summed E-state index contributed by atoms with van der Waals surface area (Å²) in [7, 11) is 1.57. The first-order valence-electron chi connectivity index (χ1n) is 8.98. The highest BCUT2D eigenvalue weighted by Gasteiger charge is 2.23. The molecule has 1 N–H and O–H groups in total. The van der Waals surface area contributed by atoms with E-state index in [1.54, 1.807) is 42.7 Å². The standard InChI is InChI=1S/C20H21N3O3S/c1-12-6-7-15-16(8-12)27-19-18(15)20(25)23(11-21-19)10-17(24)22-13-4-3-5-14(9-13)26-2/h3-5,9,11-12H,6-8,10H2,1-2H3,(H,22,24)/t12-/m0/s1. The van der Waals surface area contributed by atoms with Gasteiger partial charge in [0.2, 0.25) is 5.91 Å². The SMILES string of the molecule is COc1cccc(NC(=O)Cn2cnc3sc4c(c3c2=O)CC[C@H](C)C4)c1. The Morgan fingerprint density at radius 3 is 3.11 bits per heavy atom. The van der Waals surface area contributed by atoms with Gasteiger partial charge < -0.3 is 10.1 Å². The third kappa shape index (κ3) is 3.47. The van der Waals surface area contributed by atoms with Crippen molar-refractivity contribution in [2.24, 2.45) is 5.92 Å². The molecule has 0 bridgehead atoms. The molecule has 140 valence electrons. The molecule has 1 aromatic carbocycles. The van der Waals surface area contributed by atoms with E-state index in [9.17, 15) is 9.59 Å². The van der Waals surface area contributed by atoms with Gasteiger partial charge in [-0.15, -0.1) is 11.3 Å². The van der Waals surface area contributed by atoms with Crippen LogP contribution in [0.5, 0.6) is 5.75 Å². The van der Waals surface area contributed by atoms with Crippen molar-refractivity contribution in [1.29, 1.82) is 0 Å². The van der Waals surface area contributed by atoms with Crippen molar-refractivity contribution in [2.75, 3.05) is 12.4 Å². The fourth-order valence-electron chi connectivity index (χ4n) is 3.53. The molecule has 0 aliphatic heterocycles. The zero-order valence-electron chi connectivity index (χ0n) is 15.3. The maximum Gasteiger partial charge on any atom is 0.262 e. The minimum atomic E-state index is -0.274. The number of amides is 1. The number of fused-ring (bicyclic) bond motifs is 3. The molecule has 4 rings (SSSR count). The van der Waals surface area contributed by atoms with Crippen LogP contribution in [0, 0.1) is 5.92 Å². The van der Waals surface area contributed by atoms with Crippen LogP contribution in [-0.2, 0) is 24.2 Å². The zero-order valence-corrected chi connectivity index (χ0v) is 16.1. The number of rotatable bonds is 4. The molecule has 7 heteroatoms. The maximum atomic E-state index is 13.0. The van der Waals surface area contributed by atoms with Gasteiger partial charge in [-0.1, -0.05) is 13.0 Å². The van der Waals surface area contributed by atoms with E-state index in [4.69, 9.17) is 4.74 Å². The molecule has 1 aliphatic rings. The number of carbonyl (C=O) groups excluding carboxylic acids is 1. The molecular weight excluding hydrogens is 362 g/mol. The van der Waals surface area contributed by atoms with Crippen LogP contribution in [0.2, 0.25) is 0 Å². The topological polar surface area (TPSA) is 73.2 Å². The average molecular weight is 383 g/mol. The second kappa shape index (κ2) is 7.15. The van der Waals surface area contributed by atoms with E-state index in [2.05, 4.69) is 17.2 Å². The molecule has 2 heterocycles. The Morgan fingerprint density at radius 2 is 2.30 bits per heavy atom. The summed E-state index contributed by atoms with van der Waals surface area (Å²) < 4.78 is 6.55. The monoisotopic (exact) mass is 383 g/mol. The number of hydrogen-bond acceptors (Lipinski definition) is 5. The zero-order chi connectivity index (χ0) is 19.0. The van der Waals surface area contributed by atoms with Crippen molar-refractivity contribution >= 4 is 33.1 Å². The highest BCUT2D eigenvalue weighted by Crippen LogP contribution is 2.35. The molecule has 0 spiro atoms. The van der Waals surface area contributed by atoms with Crippen molar-refractivity contribution in [1.82, 2.24) is 9.55 Å². The number of benzene rings is 1. The van der Waals surface area contributed by atoms with Gasteiger partial charge in [0.05, 0.1) is 18.8 Å². The summed E-state index contributed by atoms with van der Waals surface area (Å²) in [5.41, 5.74) is 1.63. The normalized spacial score (nSPS) is 16.1. The summed E-state index contributed by atoms with van der Waals surface area (Å²) in [5, 5.41) is 3.49. The molecule has 0 saturated heterocycles. The lowest BCUT2D eigenvalue weighted by Crippen LogP contribution is -2.28. The second-order valence-corrected chi connectivity index (χ2v) is 8.07. The Labute approximate surface area is 160 Å². The van der Waals surface area contributed by atoms with E-state index >= 15 is 0 Å². The molecule has 1 aliphatic carbocycles. The first-order valence-corrected chi connectivity index (χ1v) is 9.80. The number of methoxy groups -OCH3 is 1. The number of ether oxygens (including phenoxy) is 1. The molecule has 0 saturated carbocycles. The number of thiophene rings is 1. The number of nitrogens with one attached hydrogen (secondary N) is 1. The minimum absolute atomic E-state index is 0.0694. The molecular formula is C20H21N3O3S. The molecule has 0 radical (unpaired) electrons. The van der Waals surface area contributed by atoms with Gasteiger partial charge in [0.15, 0.2) is 0 Å². The number of nitrogens with zero attached hydrogens (tertiary/aromatic N) is 2. The van der Waals surface area contributed by atoms with Crippen molar-refractivity contribution in [3.63, 3.8) is 0 Å². The fourth-order valence-corrected chi connectivity index (χ4v) is 4.88. The lowest BCUT2D eigenvalue weighted by atomic mass is 9.89. The van der Waals surface area contributed by atoms with Crippen molar-refractivity contribution in [3.05, 3.63) is 51.4 Å². The number of aromatic nitrogens is 2. The first-order chi connectivity index (χ1) is 13.0.